The van der Waals surface area contributed by atoms with Crippen LogP contribution in [0.3, 0.4) is 0 Å². The van der Waals surface area contributed by atoms with Gasteiger partial charge < -0.3 is 19.5 Å². The normalized spacial score (nSPS) is 16.4. The maximum absolute atomic E-state index is 12.6. The van der Waals surface area contributed by atoms with Crippen LogP contribution >= 0.6 is 0 Å². The molecule has 1 fully saturated rings. The molecule has 25 heavy (non-hydrogen) atoms. The smallest absolute Gasteiger partial charge is 0.245 e. The van der Waals surface area contributed by atoms with Gasteiger partial charge in [0.1, 0.15) is 5.41 Å². The molecule has 0 saturated carbocycles. The van der Waals surface area contributed by atoms with Crippen LogP contribution in [0.4, 0.5) is 5.69 Å². The predicted molar refractivity (Wildman–Crippen MR) is 90.5 cm³/mol. The van der Waals surface area contributed by atoms with Gasteiger partial charge in [0.15, 0.2) is 11.6 Å². The zero-order valence-corrected chi connectivity index (χ0v) is 13.4. The van der Waals surface area contributed by atoms with Crippen LogP contribution in [0.15, 0.2) is 41.0 Å². The molecule has 1 saturated heterocycles. The number of carbonyl (C=O) groups is 1. The molecule has 1 aliphatic rings. The fourth-order valence-electron chi connectivity index (χ4n) is 2.98. The first-order chi connectivity index (χ1) is 12.2. The van der Waals surface area contributed by atoms with Crippen LogP contribution in [0, 0.1) is 16.7 Å². The first-order valence-corrected chi connectivity index (χ1v) is 8.04. The van der Waals surface area contributed by atoms with Crippen molar-refractivity contribution in [1.82, 2.24) is 9.97 Å². The third-order valence-corrected chi connectivity index (χ3v) is 4.49. The topological polar surface area (TPSA) is 104 Å². The van der Waals surface area contributed by atoms with E-state index in [0.29, 0.717) is 43.3 Å². The first kappa shape index (κ1) is 15.4. The molecule has 7 heteroatoms. The minimum Gasteiger partial charge on any atom is -0.461 e. The Morgan fingerprint density at radius 3 is 2.88 bits per heavy atom. The Kier molecular flexibility index (Phi) is 3.75. The summed E-state index contributed by atoms with van der Waals surface area (Å²) in [5, 5.41) is 12.3. The van der Waals surface area contributed by atoms with Gasteiger partial charge in [0.05, 0.1) is 23.4 Å². The highest BCUT2D eigenvalue weighted by Crippen LogP contribution is 2.32. The van der Waals surface area contributed by atoms with Gasteiger partial charge >= 0.3 is 0 Å². The number of rotatable bonds is 3. The zero-order chi connectivity index (χ0) is 17.3. The van der Waals surface area contributed by atoms with Crippen LogP contribution in [-0.2, 0) is 9.53 Å². The van der Waals surface area contributed by atoms with E-state index in [0.717, 1.165) is 11.0 Å². The minimum absolute atomic E-state index is 0.288. The number of hydrogen-bond acceptors (Lipinski definition) is 5. The lowest BCUT2D eigenvalue weighted by atomic mass is 9.81. The third-order valence-electron chi connectivity index (χ3n) is 4.49. The monoisotopic (exact) mass is 336 g/mol. The Morgan fingerprint density at radius 1 is 1.32 bits per heavy atom. The largest absolute Gasteiger partial charge is 0.461 e. The minimum atomic E-state index is -1.03. The molecule has 3 heterocycles. The van der Waals surface area contributed by atoms with Gasteiger partial charge in [-0.25, -0.2) is 4.98 Å². The number of fused-ring (bicyclic) bond motifs is 1. The summed E-state index contributed by atoms with van der Waals surface area (Å²) in [6.45, 7) is 0.847. The highest BCUT2D eigenvalue weighted by molar-refractivity contribution is 5.98. The third kappa shape index (κ3) is 2.77. The predicted octanol–water partition coefficient (Wildman–Crippen LogP) is 3.08. The zero-order valence-electron chi connectivity index (χ0n) is 13.4. The second kappa shape index (κ2) is 6.07. The lowest BCUT2D eigenvalue weighted by molar-refractivity contribution is -0.126. The van der Waals surface area contributed by atoms with Crippen molar-refractivity contribution in [2.45, 2.75) is 12.8 Å². The molecular weight excluding hydrogens is 320 g/mol. The summed E-state index contributed by atoms with van der Waals surface area (Å²) in [6.07, 6.45) is 2.40. The van der Waals surface area contributed by atoms with E-state index in [1.54, 1.807) is 24.5 Å². The molecule has 1 aromatic carbocycles. The maximum atomic E-state index is 12.6. The molecule has 1 aliphatic heterocycles. The van der Waals surface area contributed by atoms with Gasteiger partial charge in [0, 0.05) is 18.9 Å². The Balaban J connectivity index is 1.59. The van der Waals surface area contributed by atoms with Gasteiger partial charge in [-0.3, -0.25) is 4.79 Å². The van der Waals surface area contributed by atoms with Gasteiger partial charge in [-0.15, -0.1) is 0 Å². The highest BCUT2D eigenvalue weighted by Gasteiger charge is 2.40. The van der Waals surface area contributed by atoms with E-state index in [4.69, 9.17) is 9.15 Å². The van der Waals surface area contributed by atoms with Crippen LogP contribution in [0.25, 0.3) is 22.6 Å². The Hall–Kier alpha value is -3.11. The van der Waals surface area contributed by atoms with E-state index in [-0.39, 0.29) is 5.91 Å². The van der Waals surface area contributed by atoms with E-state index in [2.05, 4.69) is 21.4 Å². The molecule has 4 rings (SSSR count). The number of anilines is 1. The number of ether oxygens (including phenoxy) is 1. The van der Waals surface area contributed by atoms with Gasteiger partial charge in [-0.1, -0.05) is 0 Å². The van der Waals surface area contributed by atoms with E-state index >= 15 is 0 Å². The summed E-state index contributed by atoms with van der Waals surface area (Å²) in [6, 6.07) is 11.2. The quantitative estimate of drug-likeness (QED) is 0.765. The van der Waals surface area contributed by atoms with Crippen molar-refractivity contribution in [2.75, 3.05) is 18.5 Å². The number of furan rings is 1. The number of aromatic amines is 1. The fraction of sp³-hybridized carbons (Fsp3) is 0.278. The number of benzene rings is 1. The molecule has 1 amide bonds. The van der Waals surface area contributed by atoms with Crippen LogP contribution < -0.4 is 5.32 Å². The number of carbonyl (C=O) groups excluding carboxylic acids is 1. The highest BCUT2D eigenvalue weighted by atomic mass is 16.5. The molecule has 2 aromatic heterocycles. The van der Waals surface area contributed by atoms with Gasteiger partial charge in [-0.05, 0) is 43.2 Å². The van der Waals surface area contributed by atoms with Crippen LogP contribution in [0.2, 0.25) is 0 Å². The van der Waals surface area contributed by atoms with Crippen molar-refractivity contribution in [3.63, 3.8) is 0 Å². The average Bonchev–Trinajstić information content (AvgIpc) is 3.31. The lowest BCUT2D eigenvalue weighted by Crippen LogP contribution is -2.39. The van der Waals surface area contributed by atoms with Crippen LogP contribution in [0.1, 0.15) is 12.8 Å². The number of nitrogens with one attached hydrogen (secondary N) is 2. The van der Waals surface area contributed by atoms with E-state index in [9.17, 15) is 10.1 Å². The number of amides is 1. The van der Waals surface area contributed by atoms with Crippen LogP contribution in [-0.4, -0.2) is 29.1 Å². The second-order valence-corrected chi connectivity index (χ2v) is 6.06. The number of nitrogens with zero attached hydrogens (tertiary/aromatic N) is 2. The molecule has 0 radical (unpaired) electrons. The van der Waals surface area contributed by atoms with E-state index in [1.807, 2.05) is 12.1 Å². The number of hydrogen-bond donors (Lipinski definition) is 2. The van der Waals surface area contributed by atoms with Crippen molar-refractivity contribution in [2.24, 2.45) is 5.41 Å². The van der Waals surface area contributed by atoms with E-state index in [1.165, 1.54) is 0 Å². The molecule has 0 unspecified atom stereocenters. The average molecular weight is 336 g/mol. The van der Waals surface area contributed by atoms with Crippen molar-refractivity contribution in [3.05, 3.63) is 36.6 Å². The van der Waals surface area contributed by atoms with E-state index < -0.39 is 5.41 Å². The number of nitriles is 1. The Morgan fingerprint density at radius 2 is 2.16 bits per heavy atom. The van der Waals surface area contributed by atoms with Gasteiger partial charge in [0.2, 0.25) is 5.91 Å². The molecule has 2 N–H and O–H groups in total. The second-order valence-electron chi connectivity index (χ2n) is 6.06. The SMILES string of the molecule is N#CC1(C(=O)Nc2ccc3nc(-c4ccco4)[nH]c3c2)CCOCC1. The summed E-state index contributed by atoms with van der Waals surface area (Å²) < 4.78 is 10.6. The summed E-state index contributed by atoms with van der Waals surface area (Å²) in [5.41, 5.74) is 1.14. The maximum Gasteiger partial charge on any atom is 0.245 e. The van der Waals surface area contributed by atoms with Crippen molar-refractivity contribution < 1.29 is 13.9 Å². The van der Waals surface area contributed by atoms with Crippen molar-refractivity contribution in [3.8, 4) is 17.7 Å². The lowest BCUT2D eigenvalue weighted by Gasteiger charge is -2.29. The van der Waals surface area contributed by atoms with Gasteiger partial charge in [0.25, 0.3) is 0 Å². The molecule has 0 spiro atoms. The molecule has 0 atom stereocenters. The Bertz CT molecular complexity index is 947. The molecule has 126 valence electrons. The fourth-order valence-corrected chi connectivity index (χ4v) is 2.98. The summed E-state index contributed by atoms with van der Waals surface area (Å²) in [5.74, 6) is 0.984. The van der Waals surface area contributed by atoms with Crippen molar-refractivity contribution in [1.29, 1.82) is 5.26 Å². The van der Waals surface area contributed by atoms with Crippen molar-refractivity contribution >= 4 is 22.6 Å². The summed E-state index contributed by atoms with van der Waals surface area (Å²) in [4.78, 5) is 20.3. The molecular formula is C18H16N4O3. The Labute approximate surface area is 143 Å². The molecule has 0 aliphatic carbocycles. The first-order valence-electron chi connectivity index (χ1n) is 8.04. The molecule has 7 nitrogen and oxygen atoms in total. The standard InChI is InChI=1S/C18H16N4O3/c19-11-18(5-8-24-9-6-18)17(23)20-12-3-4-13-14(10-12)22-16(21-13)15-2-1-7-25-15/h1-4,7,10H,5-6,8-9H2,(H,20,23)(H,21,22). The number of imidazole rings is 1. The molecule has 0 bridgehead atoms. The summed E-state index contributed by atoms with van der Waals surface area (Å²) in [7, 11) is 0. The van der Waals surface area contributed by atoms with Gasteiger partial charge in [-0.2, -0.15) is 5.26 Å². The summed E-state index contributed by atoms with van der Waals surface area (Å²) >= 11 is 0. The number of H-pyrrole nitrogens is 1. The van der Waals surface area contributed by atoms with Crippen LogP contribution in [0.5, 0.6) is 0 Å². The number of aromatic nitrogens is 2. The molecule has 3 aromatic rings.